The molecule has 0 saturated carbocycles. The summed E-state index contributed by atoms with van der Waals surface area (Å²) in [5.41, 5.74) is 6.08. The summed E-state index contributed by atoms with van der Waals surface area (Å²) in [5, 5.41) is 0.477. The largest absolute Gasteiger partial charge is 0.479 e. The topological polar surface area (TPSA) is 35.2 Å². The molecule has 0 aliphatic carbocycles. The molecule has 0 saturated heterocycles. The number of halogens is 1. The first-order valence-corrected chi connectivity index (χ1v) is 3.73. The Labute approximate surface area is 76.3 Å². The van der Waals surface area contributed by atoms with Gasteiger partial charge in [0.1, 0.15) is 12.4 Å². The number of nitrogen functional groups attached to an aromatic ring is 1. The highest BCUT2D eigenvalue weighted by Crippen LogP contribution is 2.25. The highest BCUT2D eigenvalue weighted by atomic mass is 35.5. The molecule has 2 nitrogen and oxygen atoms in total. The summed E-state index contributed by atoms with van der Waals surface area (Å²) in [4.78, 5) is 0. The molecule has 1 aromatic carbocycles. The minimum atomic E-state index is 0.212. The number of terminal acetylenes is 1. The van der Waals surface area contributed by atoms with E-state index in [9.17, 15) is 0 Å². The zero-order valence-electron chi connectivity index (χ0n) is 6.38. The molecule has 0 aliphatic heterocycles. The van der Waals surface area contributed by atoms with Crippen LogP contribution in [-0.4, -0.2) is 6.61 Å². The van der Waals surface area contributed by atoms with Gasteiger partial charge in [0, 0.05) is 5.69 Å². The Balaban J connectivity index is 2.81. The van der Waals surface area contributed by atoms with E-state index in [0.717, 1.165) is 0 Å². The second kappa shape index (κ2) is 3.89. The van der Waals surface area contributed by atoms with Crippen molar-refractivity contribution in [1.82, 2.24) is 0 Å². The van der Waals surface area contributed by atoms with E-state index in [1.165, 1.54) is 0 Å². The van der Waals surface area contributed by atoms with Gasteiger partial charge >= 0.3 is 0 Å². The van der Waals surface area contributed by atoms with Crippen molar-refractivity contribution in [2.24, 2.45) is 0 Å². The molecule has 1 rings (SSSR count). The number of ether oxygens (including phenoxy) is 1. The molecule has 3 heteroatoms. The van der Waals surface area contributed by atoms with E-state index in [1.807, 2.05) is 0 Å². The van der Waals surface area contributed by atoms with Gasteiger partial charge in [-0.05, 0) is 18.2 Å². The molecule has 62 valence electrons. The van der Waals surface area contributed by atoms with Crippen molar-refractivity contribution in [3.63, 3.8) is 0 Å². The third-order valence-corrected chi connectivity index (χ3v) is 1.56. The molecule has 0 aromatic heterocycles. The maximum absolute atomic E-state index is 5.79. The monoisotopic (exact) mass is 181 g/mol. The molecule has 0 bridgehead atoms. The lowest BCUT2D eigenvalue weighted by Crippen LogP contribution is -1.94. The van der Waals surface area contributed by atoms with Crippen LogP contribution >= 0.6 is 11.6 Å². The minimum absolute atomic E-state index is 0.212. The molecule has 1 aromatic rings. The zero-order chi connectivity index (χ0) is 8.97. The van der Waals surface area contributed by atoms with Crippen LogP contribution in [0.2, 0.25) is 5.02 Å². The van der Waals surface area contributed by atoms with Crippen molar-refractivity contribution < 1.29 is 4.74 Å². The summed E-state index contributed by atoms with van der Waals surface area (Å²) in [6.45, 7) is 0.212. The van der Waals surface area contributed by atoms with Gasteiger partial charge in [-0.1, -0.05) is 17.5 Å². The summed E-state index contributed by atoms with van der Waals surface area (Å²) >= 11 is 5.79. The van der Waals surface area contributed by atoms with Crippen LogP contribution in [0.4, 0.5) is 5.69 Å². The van der Waals surface area contributed by atoms with Gasteiger partial charge in [0.15, 0.2) is 0 Å². The fourth-order valence-electron chi connectivity index (χ4n) is 0.754. The van der Waals surface area contributed by atoms with E-state index < -0.39 is 0 Å². The van der Waals surface area contributed by atoms with Gasteiger partial charge in [0.2, 0.25) is 0 Å². The molecule has 0 radical (unpaired) electrons. The number of hydrogen-bond acceptors (Lipinski definition) is 2. The number of anilines is 1. The summed E-state index contributed by atoms with van der Waals surface area (Å²) < 4.78 is 5.12. The van der Waals surface area contributed by atoms with E-state index in [0.29, 0.717) is 16.5 Å². The fourth-order valence-corrected chi connectivity index (χ4v) is 0.997. The van der Waals surface area contributed by atoms with Crippen LogP contribution in [0.3, 0.4) is 0 Å². The number of rotatable bonds is 2. The number of nitrogens with two attached hydrogens (primary N) is 1. The smallest absolute Gasteiger partial charge is 0.148 e. The van der Waals surface area contributed by atoms with Gasteiger partial charge in [-0.25, -0.2) is 0 Å². The normalized spacial score (nSPS) is 9.00. The van der Waals surface area contributed by atoms with Gasteiger partial charge in [0.25, 0.3) is 0 Å². The lowest BCUT2D eigenvalue weighted by atomic mass is 10.3. The first kappa shape index (κ1) is 8.76. The summed E-state index contributed by atoms with van der Waals surface area (Å²) in [6.07, 6.45) is 5.01. The molecule has 0 atom stereocenters. The Morgan fingerprint density at radius 1 is 1.58 bits per heavy atom. The maximum atomic E-state index is 5.79. The SMILES string of the molecule is C#CCOc1ccc(N)cc1Cl. The van der Waals surface area contributed by atoms with Gasteiger partial charge < -0.3 is 10.5 Å². The first-order chi connectivity index (χ1) is 5.74. The van der Waals surface area contributed by atoms with Crippen molar-refractivity contribution in [3.05, 3.63) is 23.2 Å². The first-order valence-electron chi connectivity index (χ1n) is 3.35. The molecule has 12 heavy (non-hydrogen) atoms. The zero-order valence-corrected chi connectivity index (χ0v) is 7.14. The maximum Gasteiger partial charge on any atom is 0.148 e. The van der Waals surface area contributed by atoms with Crippen LogP contribution in [0.25, 0.3) is 0 Å². The number of hydrogen-bond donors (Lipinski definition) is 1. The molecule has 2 N–H and O–H groups in total. The van der Waals surface area contributed by atoms with E-state index >= 15 is 0 Å². The van der Waals surface area contributed by atoms with Crippen LogP contribution in [0.1, 0.15) is 0 Å². The van der Waals surface area contributed by atoms with Crippen molar-refractivity contribution >= 4 is 17.3 Å². The van der Waals surface area contributed by atoms with Crippen molar-refractivity contribution in [3.8, 4) is 18.1 Å². The van der Waals surface area contributed by atoms with E-state index in [-0.39, 0.29) is 6.61 Å². The molecule has 0 spiro atoms. The standard InChI is InChI=1S/C9H8ClNO/c1-2-5-12-9-4-3-7(11)6-8(9)10/h1,3-4,6H,5,11H2. The second-order valence-corrected chi connectivity index (χ2v) is 2.59. The van der Waals surface area contributed by atoms with Gasteiger partial charge in [-0.15, -0.1) is 6.42 Å². The highest BCUT2D eigenvalue weighted by Gasteiger charge is 1.99. The highest BCUT2D eigenvalue weighted by molar-refractivity contribution is 6.32. The predicted octanol–water partition coefficient (Wildman–Crippen LogP) is 1.93. The van der Waals surface area contributed by atoms with Gasteiger partial charge in [-0.3, -0.25) is 0 Å². The van der Waals surface area contributed by atoms with E-state index in [2.05, 4.69) is 5.92 Å². The Bertz CT molecular complexity index is 317. The van der Waals surface area contributed by atoms with Crippen LogP contribution in [0, 0.1) is 12.3 Å². The summed E-state index contributed by atoms with van der Waals surface area (Å²) in [6, 6.07) is 5.01. The molecule has 0 fully saturated rings. The third-order valence-electron chi connectivity index (χ3n) is 1.27. The molecule has 0 unspecified atom stereocenters. The molecule has 0 aliphatic rings. The van der Waals surface area contributed by atoms with Crippen LogP contribution in [-0.2, 0) is 0 Å². The molecule has 0 amide bonds. The predicted molar refractivity (Wildman–Crippen MR) is 50.2 cm³/mol. The molecular formula is C9H8ClNO. The van der Waals surface area contributed by atoms with Crippen molar-refractivity contribution in [1.29, 1.82) is 0 Å². The second-order valence-electron chi connectivity index (χ2n) is 2.18. The average molecular weight is 182 g/mol. The fraction of sp³-hybridized carbons (Fsp3) is 0.111. The van der Waals surface area contributed by atoms with E-state index in [4.69, 9.17) is 28.5 Å². The summed E-state index contributed by atoms with van der Waals surface area (Å²) in [7, 11) is 0. The van der Waals surface area contributed by atoms with Crippen molar-refractivity contribution in [2.75, 3.05) is 12.3 Å². The lowest BCUT2D eigenvalue weighted by molar-refractivity contribution is 0.370. The van der Waals surface area contributed by atoms with Crippen LogP contribution in [0.15, 0.2) is 18.2 Å². The Kier molecular flexibility index (Phi) is 2.84. The Morgan fingerprint density at radius 2 is 2.33 bits per heavy atom. The molecule has 0 heterocycles. The van der Waals surface area contributed by atoms with Gasteiger partial charge in [-0.2, -0.15) is 0 Å². The van der Waals surface area contributed by atoms with Crippen LogP contribution < -0.4 is 10.5 Å². The summed E-state index contributed by atoms with van der Waals surface area (Å²) in [5.74, 6) is 2.90. The minimum Gasteiger partial charge on any atom is -0.479 e. The quantitative estimate of drug-likeness (QED) is 0.559. The third kappa shape index (κ3) is 2.08. The number of benzene rings is 1. The van der Waals surface area contributed by atoms with Crippen molar-refractivity contribution in [2.45, 2.75) is 0 Å². The lowest BCUT2D eigenvalue weighted by Gasteiger charge is -2.04. The average Bonchev–Trinajstić information content (AvgIpc) is 2.03. The Morgan fingerprint density at radius 3 is 2.92 bits per heavy atom. The van der Waals surface area contributed by atoms with Gasteiger partial charge in [0.05, 0.1) is 5.02 Å². The van der Waals surface area contributed by atoms with Crippen LogP contribution in [0.5, 0.6) is 5.75 Å². The Hall–Kier alpha value is -1.33. The molecular weight excluding hydrogens is 174 g/mol. The van der Waals surface area contributed by atoms with E-state index in [1.54, 1.807) is 18.2 Å².